The van der Waals surface area contributed by atoms with Gasteiger partial charge in [0.2, 0.25) is 0 Å². The van der Waals surface area contributed by atoms with E-state index in [1.165, 1.54) is 27.6 Å². The van der Waals surface area contributed by atoms with Gasteiger partial charge in [-0.15, -0.1) is 0 Å². The van der Waals surface area contributed by atoms with Gasteiger partial charge in [0.1, 0.15) is 42.7 Å². The van der Waals surface area contributed by atoms with Gasteiger partial charge in [0.15, 0.2) is 24.7 Å². The van der Waals surface area contributed by atoms with E-state index in [0.717, 1.165) is 38.0 Å². The molecule has 0 amide bonds. The Bertz CT molecular complexity index is 1660. The molecule has 0 radical (unpaired) electrons. The second-order valence-corrected chi connectivity index (χ2v) is 21.0. The lowest BCUT2D eigenvalue weighted by atomic mass is 9.79. The van der Waals surface area contributed by atoms with Crippen molar-refractivity contribution in [3.05, 3.63) is 23.8 Å². The summed E-state index contributed by atoms with van der Waals surface area (Å²) >= 11 is 0. The number of rotatable bonds is 14. The highest BCUT2D eigenvalue weighted by Gasteiger charge is 2.52. The van der Waals surface area contributed by atoms with E-state index in [1.807, 2.05) is 59.7 Å². The van der Waals surface area contributed by atoms with Crippen LogP contribution in [-0.4, -0.2) is 205 Å². The molecule has 5 aliphatic rings. The molecule has 4 fully saturated rings. The van der Waals surface area contributed by atoms with Crippen molar-refractivity contribution in [2.75, 3.05) is 54.6 Å². The SMILES string of the molecule is CCC1OC(=O)CC(O)C(C)C(OC2OC(C)C(OC3CC(C)(O)C(O)C(C)O3)C(N(C)C)C2O)C(CCN2CCCCC2)CC(C)C(=O)C=CC(C)=CC1COC1OC(C)C(O)C(OC)C1OC. The lowest BCUT2D eigenvalue weighted by Gasteiger charge is -2.50. The third-order valence-corrected chi connectivity index (χ3v) is 15.3. The van der Waals surface area contributed by atoms with Crippen molar-refractivity contribution in [2.24, 2.45) is 23.7 Å². The normalized spacial score (nSPS) is 43.9. The van der Waals surface area contributed by atoms with Gasteiger partial charge in [-0.25, -0.2) is 0 Å². The number of likely N-dealkylation sites (tertiary alicyclic amines) is 1. The Morgan fingerprint density at radius 3 is 2.12 bits per heavy atom. The molecule has 69 heavy (non-hydrogen) atoms. The Morgan fingerprint density at radius 1 is 0.826 bits per heavy atom. The average molecular weight is 985 g/mol. The van der Waals surface area contributed by atoms with Crippen LogP contribution in [0.25, 0.3) is 0 Å². The Hall–Kier alpha value is -1.98. The van der Waals surface area contributed by atoms with Crippen LogP contribution in [0.3, 0.4) is 0 Å². The number of carbonyl (C=O) groups excluding carboxylic acids is 2. The van der Waals surface area contributed by atoms with Crippen molar-refractivity contribution in [2.45, 2.75) is 211 Å². The second-order valence-electron chi connectivity index (χ2n) is 21.0. The third-order valence-electron chi connectivity index (χ3n) is 15.3. The third kappa shape index (κ3) is 15.1. The summed E-state index contributed by atoms with van der Waals surface area (Å²) in [5, 5.41) is 56.6. The van der Waals surface area contributed by atoms with Gasteiger partial charge in [0.05, 0.1) is 55.2 Å². The molecule has 21 unspecified atom stereocenters. The molecule has 5 aliphatic heterocycles. The molecule has 0 aromatic heterocycles. The number of aliphatic hydroxyl groups is 5. The maximum absolute atomic E-state index is 14.1. The van der Waals surface area contributed by atoms with Gasteiger partial charge < -0.3 is 78.0 Å². The Morgan fingerprint density at radius 2 is 1.49 bits per heavy atom. The molecule has 0 saturated carbocycles. The first-order chi connectivity index (χ1) is 32.6. The van der Waals surface area contributed by atoms with Crippen molar-refractivity contribution in [1.82, 2.24) is 9.80 Å². The minimum atomic E-state index is -1.47. The van der Waals surface area contributed by atoms with E-state index in [2.05, 4.69) is 4.90 Å². The fraction of sp³-hybridized carbons (Fsp3) is 0.882. The smallest absolute Gasteiger partial charge is 0.308 e. The standard InChI is InChI=1S/C51H88N2O16/c1-13-38-35(27-63-50-47(62-12)46(61-11)42(57)31(5)65-50)23-28(2)17-18-36(54)29(3)24-34(19-22-53-20-15-14-16-21-53)44(30(4)37(55)25-39(56)67-38)69-49-43(58)41(52(9)10)45(32(6)66-49)68-40-26-51(8,60)48(59)33(7)64-40/h17-18,23,29-35,37-38,40-50,55,57-60H,13-16,19-22,24-27H2,1-12H3. The van der Waals surface area contributed by atoms with Gasteiger partial charge in [-0.1, -0.05) is 44.9 Å². The van der Waals surface area contributed by atoms with Crippen molar-refractivity contribution >= 4 is 11.8 Å². The lowest BCUT2D eigenvalue weighted by Crippen LogP contribution is -2.65. The van der Waals surface area contributed by atoms with Gasteiger partial charge >= 0.3 is 5.97 Å². The number of aliphatic hydroxyl groups excluding tert-OH is 4. The molecule has 4 saturated heterocycles. The predicted molar refractivity (Wildman–Crippen MR) is 255 cm³/mol. The number of ketones is 1. The van der Waals surface area contributed by atoms with Crippen molar-refractivity contribution in [1.29, 1.82) is 0 Å². The van der Waals surface area contributed by atoms with Crippen molar-refractivity contribution in [3.8, 4) is 0 Å². The Kier molecular flexibility index (Phi) is 22.1. The molecule has 0 aromatic rings. The van der Waals surface area contributed by atoms with Gasteiger partial charge in [-0.05, 0) is 112 Å². The van der Waals surface area contributed by atoms with Crippen LogP contribution in [-0.2, 0) is 52.2 Å². The maximum atomic E-state index is 14.1. The van der Waals surface area contributed by atoms with Crippen LogP contribution in [0, 0.1) is 23.7 Å². The van der Waals surface area contributed by atoms with Crippen LogP contribution in [0.5, 0.6) is 0 Å². The van der Waals surface area contributed by atoms with Crippen LogP contribution >= 0.6 is 0 Å². The van der Waals surface area contributed by atoms with E-state index >= 15 is 0 Å². The van der Waals surface area contributed by atoms with Crippen LogP contribution in [0.4, 0.5) is 0 Å². The minimum absolute atomic E-state index is 0.00347. The highest BCUT2D eigenvalue weighted by atomic mass is 16.7. The average Bonchev–Trinajstić information content (AvgIpc) is 3.30. The van der Waals surface area contributed by atoms with E-state index < -0.39 is 127 Å². The summed E-state index contributed by atoms with van der Waals surface area (Å²) in [6.07, 6.45) is -3.68. The number of hydrogen-bond acceptors (Lipinski definition) is 18. The molecule has 0 aliphatic carbocycles. The van der Waals surface area contributed by atoms with Crippen LogP contribution < -0.4 is 0 Å². The summed E-state index contributed by atoms with van der Waals surface area (Å²) in [5.41, 5.74) is -0.720. The molecule has 0 aromatic carbocycles. The molecule has 5 heterocycles. The van der Waals surface area contributed by atoms with Crippen LogP contribution in [0.2, 0.25) is 0 Å². The molecular formula is C51H88N2O16. The highest BCUT2D eigenvalue weighted by Crippen LogP contribution is 2.38. The molecule has 21 atom stereocenters. The van der Waals surface area contributed by atoms with Gasteiger partial charge in [0, 0.05) is 38.4 Å². The van der Waals surface area contributed by atoms with E-state index in [9.17, 15) is 35.1 Å². The topological polar surface area (TPSA) is 225 Å². The number of likely N-dealkylation sites (N-methyl/N-ethyl adjacent to an activating group) is 1. The lowest BCUT2D eigenvalue weighted by molar-refractivity contribution is -0.342. The number of methoxy groups -OCH3 is 2. The predicted octanol–water partition coefficient (Wildman–Crippen LogP) is 3.12. The number of cyclic esters (lactones) is 1. The van der Waals surface area contributed by atoms with E-state index in [4.69, 9.17) is 42.6 Å². The summed E-state index contributed by atoms with van der Waals surface area (Å²) < 4.78 is 55.7. The monoisotopic (exact) mass is 985 g/mol. The van der Waals surface area contributed by atoms with Crippen molar-refractivity contribution in [3.63, 3.8) is 0 Å². The summed E-state index contributed by atoms with van der Waals surface area (Å²) in [7, 11) is 6.60. The first-order valence-electron chi connectivity index (χ1n) is 25.5. The Labute approximate surface area is 410 Å². The fourth-order valence-electron chi connectivity index (χ4n) is 11.0. The largest absolute Gasteiger partial charge is 0.462 e. The summed E-state index contributed by atoms with van der Waals surface area (Å²) in [6.45, 7) is 16.9. The summed E-state index contributed by atoms with van der Waals surface area (Å²) in [5.74, 6) is -2.72. The summed E-state index contributed by atoms with van der Waals surface area (Å²) in [6, 6.07) is -0.686. The molecule has 5 N–H and O–H groups in total. The van der Waals surface area contributed by atoms with Gasteiger partial charge in [-0.3, -0.25) is 9.59 Å². The first kappa shape index (κ1) is 57.9. The maximum Gasteiger partial charge on any atom is 0.308 e. The zero-order valence-electron chi connectivity index (χ0n) is 43.4. The minimum Gasteiger partial charge on any atom is -0.462 e. The first-order valence-corrected chi connectivity index (χ1v) is 25.5. The highest BCUT2D eigenvalue weighted by molar-refractivity contribution is 5.91. The van der Waals surface area contributed by atoms with E-state index in [0.29, 0.717) is 19.3 Å². The zero-order valence-corrected chi connectivity index (χ0v) is 43.4. The quantitative estimate of drug-likeness (QED) is 0.158. The molecule has 0 bridgehead atoms. The number of carbonyl (C=O) groups is 2. The van der Waals surface area contributed by atoms with Gasteiger partial charge in [-0.2, -0.15) is 0 Å². The van der Waals surface area contributed by atoms with E-state index in [-0.39, 0.29) is 31.1 Å². The number of nitrogens with zero attached hydrogens (tertiary/aromatic N) is 2. The van der Waals surface area contributed by atoms with Gasteiger partial charge in [0.25, 0.3) is 0 Å². The zero-order chi connectivity index (χ0) is 50.9. The Balaban J connectivity index is 1.44. The molecule has 398 valence electrons. The molecule has 18 heteroatoms. The number of ether oxygens (including phenoxy) is 9. The number of piperidine rings is 1. The van der Waals surface area contributed by atoms with Crippen LogP contribution in [0.1, 0.15) is 107 Å². The molecule has 0 spiro atoms. The molecule has 18 nitrogen and oxygen atoms in total. The molecular weight excluding hydrogens is 897 g/mol. The number of esters is 1. The van der Waals surface area contributed by atoms with Crippen molar-refractivity contribution < 1.29 is 77.8 Å². The number of allylic oxidation sites excluding steroid dienone is 3. The fourth-order valence-corrected chi connectivity index (χ4v) is 11.0. The second kappa shape index (κ2) is 26.3. The van der Waals surface area contributed by atoms with E-state index in [1.54, 1.807) is 26.0 Å². The number of hydrogen-bond donors (Lipinski definition) is 5. The molecule has 5 rings (SSSR count). The van der Waals surface area contributed by atoms with Crippen LogP contribution in [0.15, 0.2) is 23.8 Å². The summed E-state index contributed by atoms with van der Waals surface area (Å²) in [4.78, 5) is 32.4.